The van der Waals surface area contributed by atoms with Gasteiger partial charge in [0.1, 0.15) is 11.2 Å². The quantitative estimate of drug-likeness (QED) is 0.170. The lowest BCUT2D eigenvalue weighted by atomic mass is 9.82. The van der Waals surface area contributed by atoms with Crippen molar-refractivity contribution in [3.8, 4) is 78.7 Å². The van der Waals surface area contributed by atoms with Crippen LogP contribution in [0.1, 0.15) is 25.0 Å². The molecule has 1 aliphatic rings. The number of hydrogen-bond acceptors (Lipinski definition) is 4. The highest BCUT2D eigenvalue weighted by Gasteiger charge is 2.35. The van der Waals surface area contributed by atoms with Gasteiger partial charge in [-0.2, -0.15) is 0 Å². The van der Waals surface area contributed by atoms with Crippen molar-refractivity contribution < 1.29 is 4.42 Å². The predicted molar refractivity (Wildman–Crippen MR) is 237 cm³/mol. The van der Waals surface area contributed by atoms with E-state index in [9.17, 15) is 0 Å². The first-order valence-corrected chi connectivity index (χ1v) is 19.8. The zero-order valence-corrected chi connectivity index (χ0v) is 32.1. The molecule has 4 nitrogen and oxygen atoms in total. The Morgan fingerprint density at radius 1 is 0.345 bits per heavy atom. The normalized spacial score (nSPS) is 12.8. The molecule has 0 atom stereocenters. The summed E-state index contributed by atoms with van der Waals surface area (Å²) in [6.45, 7) is 4.60. The Hall–Kier alpha value is -7.43. The van der Waals surface area contributed by atoms with Crippen molar-refractivity contribution in [2.24, 2.45) is 0 Å². The summed E-state index contributed by atoms with van der Waals surface area (Å²) in [4.78, 5) is 15.5. The van der Waals surface area contributed by atoms with Gasteiger partial charge < -0.3 is 4.42 Å². The molecule has 0 fully saturated rings. The Morgan fingerprint density at radius 3 is 1.64 bits per heavy atom. The first kappa shape index (κ1) is 33.9. The second-order valence-electron chi connectivity index (χ2n) is 15.6. The molecule has 58 heavy (non-hydrogen) atoms. The van der Waals surface area contributed by atoms with Crippen molar-refractivity contribution in [3.05, 3.63) is 199 Å². The van der Waals surface area contributed by atoms with Gasteiger partial charge in [0.2, 0.25) is 0 Å². The van der Waals surface area contributed by atoms with Crippen molar-refractivity contribution >= 4 is 21.9 Å². The minimum Gasteiger partial charge on any atom is -0.456 e. The maximum Gasteiger partial charge on any atom is 0.164 e. The van der Waals surface area contributed by atoms with Crippen LogP contribution < -0.4 is 0 Å². The van der Waals surface area contributed by atoms with E-state index >= 15 is 0 Å². The summed E-state index contributed by atoms with van der Waals surface area (Å²) < 4.78 is 6.49. The van der Waals surface area contributed by atoms with Crippen LogP contribution in [-0.4, -0.2) is 15.0 Å². The molecule has 1 aliphatic carbocycles. The zero-order chi connectivity index (χ0) is 38.8. The van der Waals surface area contributed by atoms with Gasteiger partial charge in [-0.05, 0) is 86.0 Å². The average molecular weight is 744 g/mol. The van der Waals surface area contributed by atoms with Crippen LogP contribution in [0.2, 0.25) is 0 Å². The molecule has 0 N–H and O–H groups in total. The Morgan fingerprint density at radius 2 is 0.862 bits per heavy atom. The summed E-state index contributed by atoms with van der Waals surface area (Å²) in [5.74, 6) is 1.89. The van der Waals surface area contributed by atoms with Crippen molar-refractivity contribution in [1.82, 2.24) is 15.0 Å². The van der Waals surface area contributed by atoms with E-state index in [0.717, 1.165) is 55.3 Å². The Balaban J connectivity index is 1.02. The minimum atomic E-state index is -0.0869. The fourth-order valence-electron chi connectivity index (χ4n) is 8.77. The van der Waals surface area contributed by atoms with Gasteiger partial charge in [-0.1, -0.05) is 172 Å². The number of rotatable bonds is 6. The third kappa shape index (κ3) is 5.64. The highest BCUT2D eigenvalue weighted by molar-refractivity contribution is 6.13. The SMILES string of the molecule is CC1(C)c2ccccc2-c2cc(-c3nc(-c4ccc(-c5ccccc5)cc4)nc(-c4cccc(-c5ccc6c(c5)oc5cccc(-c7ccccc7)c56)c4)n3)ccc21. The molecule has 0 saturated carbocycles. The Labute approximate surface area is 337 Å². The van der Waals surface area contributed by atoms with E-state index in [2.05, 4.69) is 184 Å². The van der Waals surface area contributed by atoms with Gasteiger partial charge in [-0.3, -0.25) is 0 Å². The summed E-state index contributed by atoms with van der Waals surface area (Å²) in [5, 5.41) is 2.23. The number of benzene rings is 8. The van der Waals surface area contributed by atoms with Crippen LogP contribution in [0, 0.1) is 0 Å². The fourth-order valence-corrected chi connectivity index (χ4v) is 8.77. The molecule has 0 radical (unpaired) electrons. The zero-order valence-electron chi connectivity index (χ0n) is 32.1. The highest BCUT2D eigenvalue weighted by Crippen LogP contribution is 2.49. The minimum absolute atomic E-state index is 0.0869. The van der Waals surface area contributed by atoms with Crippen molar-refractivity contribution in [3.63, 3.8) is 0 Å². The topological polar surface area (TPSA) is 51.8 Å². The molecule has 0 amide bonds. The van der Waals surface area contributed by atoms with E-state index in [1.807, 2.05) is 18.2 Å². The molecular weight excluding hydrogens is 707 g/mol. The van der Waals surface area contributed by atoms with Crippen LogP contribution >= 0.6 is 0 Å². The van der Waals surface area contributed by atoms with E-state index in [1.54, 1.807) is 0 Å². The van der Waals surface area contributed by atoms with E-state index in [4.69, 9.17) is 19.4 Å². The van der Waals surface area contributed by atoms with Crippen LogP contribution in [0.15, 0.2) is 192 Å². The third-order valence-corrected chi connectivity index (χ3v) is 11.8. The highest BCUT2D eigenvalue weighted by atomic mass is 16.3. The van der Waals surface area contributed by atoms with E-state index < -0.39 is 0 Å². The van der Waals surface area contributed by atoms with Crippen LogP contribution in [0.5, 0.6) is 0 Å². The van der Waals surface area contributed by atoms with Gasteiger partial charge in [0.25, 0.3) is 0 Å². The van der Waals surface area contributed by atoms with Crippen LogP contribution in [0.4, 0.5) is 0 Å². The largest absolute Gasteiger partial charge is 0.456 e. The molecule has 8 aromatic carbocycles. The van der Waals surface area contributed by atoms with E-state index in [0.29, 0.717) is 17.5 Å². The molecule has 10 aromatic rings. The van der Waals surface area contributed by atoms with Crippen molar-refractivity contribution in [2.75, 3.05) is 0 Å². The molecule has 0 saturated heterocycles. The number of furan rings is 1. The van der Waals surface area contributed by atoms with E-state index in [1.165, 1.54) is 38.9 Å². The van der Waals surface area contributed by atoms with Crippen LogP contribution in [0.25, 0.3) is 101 Å². The van der Waals surface area contributed by atoms with Crippen molar-refractivity contribution in [2.45, 2.75) is 19.3 Å². The fraction of sp³-hybridized carbons (Fsp3) is 0.0556. The van der Waals surface area contributed by atoms with Gasteiger partial charge in [-0.25, -0.2) is 15.0 Å². The first-order valence-electron chi connectivity index (χ1n) is 19.8. The second kappa shape index (κ2) is 13.4. The molecule has 2 heterocycles. The predicted octanol–water partition coefficient (Wildman–Crippen LogP) is 14.1. The summed E-state index contributed by atoms with van der Waals surface area (Å²) in [7, 11) is 0. The molecule has 0 bridgehead atoms. The molecule has 11 rings (SSSR count). The average Bonchev–Trinajstić information content (AvgIpc) is 3.78. The van der Waals surface area contributed by atoms with Crippen molar-refractivity contribution in [1.29, 1.82) is 0 Å². The lowest BCUT2D eigenvalue weighted by Gasteiger charge is -2.21. The Bertz CT molecular complexity index is 3180. The maximum absolute atomic E-state index is 6.49. The Kier molecular flexibility index (Phi) is 7.80. The van der Waals surface area contributed by atoms with Gasteiger partial charge in [0.05, 0.1) is 0 Å². The number of fused-ring (bicyclic) bond motifs is 6. The van der Waals surface area contributed by atoms with Gasteiger partial charge in [0.15, 0.2) is 17.5 Å². The standard InChI is InChI=1S/C54H37N3O/c1-54(2)46-21-10-9-19-43(46)45-32-41(28-30-47(45)54)53-56-51(37-25-23-35(24-26-37)34-13-5-3-6-14-34)55-52(57-53)40-18-11-17-38(31-40)39-27-29-44-49(33-39)58-48-22-12-20-42(50(44)48)36-15-7-4-8-16-36/h3-33H,1-2H3. The van der Waals surface area contributed by atoms with Gasteiger partial charge in [-0.15, -0.1) is 0 Å². The monoisotopic (exact) mass is 743 g/mol. The molecule has 0 aliphatic heterocycles. The summed E-state index contributed by atoms with van der Waals surface area (Å²) in [6, 6.07) is 66.0. The molecule has 4 heteroatoms. The lowest BCUT2D eigenvalue weighted by molar-refractivity contribution is 0.660. The van der Waals surface area contributed by atoms with E-state index in [-0.39, 0.29) is 5.41 Å². The lowest BCUT2D eigenvalue weighted by Crippen LogP contribution is -2.14. The summed E-state index contributed by atoms with van der Waals surface area (Å²) >= 11 is 0. The van der Waals surface area contributed by atoms with Gasteiger partial charge >= 0.3 is 0 Å². The molecular formula is C54H37N3O. The van der Waals surface area contributed by atoms with Gasteiger partial charge in [0, 0.05) is 32.9 Å². The summed E-state index contributed by atoms with van der Waals surface area (Å²) in [6.07, 6.45) is 0. The smallest absolute Gasteiger partial charge is 0.164 e. The second-order valence-corrected chi connectivity index (χ2v) is 15.6. The van der Waals surface area contributed by atoms with Crippen LogP contribution in [0.3, 0.4) is 0 Å². The summed E-state index contributed by atoms with van der Waals surface area (Å²) in [5.41, 5.74) is 16.3. The number of hydrogen-bond donors (Lipinski definition) is 0. The number of nitrogens with zero attached hydrogens (tertiary/aromatic N) is 3. The van der Waals surface area contributed by atoms with Crippen LogP contribution in [-0.2, 0) is 5.41 Å². The number of aromatic nitrogens is 3. The molecule has 0 unspecified atom stereocenters. The maximum atomic E-state index is 6.49. The molecule has 2 aromatic heterocycles. The first-order chi connectivity index (χ1) is 28.5. The molecule has 0 spiro atoms. The third-order valence-electron chi connectivity index (χ3n) is 11.8. The molecule has 274 valence electrons.